The summed E-state index contributed by atoms with van der Waals surface area (Å²) in [5, 5.41) is 4.43. The number of rotatable bonds is 4. The third-order valence-corrected chi connectivity index (χ3v) is 3.61. The smallest absolute Gasteiger partial charge is 0.0627 e. The molecular formula is C12H21N3. The molecule has 1 unspecified atom stereocenters. The number of nitrogens with two attached hydrogens (primary N) is 1. The molecule has 1 aliphatic carbocycles. The van der Waals surface area contributed by atoms with Crippen LogP contribution in [-0.4, -0.2) is 16.3 Å². The van der Waals surface area contributed by atoms with E-state index in [1.807, 2.05) is 17.9 Å². The lowest BCUT2D eigenvalue weighted by Crippen LogP contribution is -2.24. The summed E-state index contributed by atoms with van der Waals surface area (Å²) in [6, 6.07) is 2.11. The van der Waals surface area contributed by atoms with Gasteiger partial charge in [0.05, 0.1) is 5.69 Å². The summed E-state index contributed by atoms with van der Waals surface area (Å²) in [6.07, 6.45) is 8.59. The van der Waals surface area contributed by atoms with Gasteiger partial charge in [0.15, 0.2) is 0 Å². The van der Waals surface area contributed by atoms with Gasteiger partial charge in [-0.3, -0.25) is 4.68 Å². The van der Waals surface area contributed by atoms with E-state index in [9.17, 15) is 0 Å². The first-order valence-electron chi connectivity index (χ1n) is 5.98. The number of hydrogen-bond donors (Lipinski definition) is 1. The molecule has 1 fully saturated rings. The normalized spacial score (nSPS) is 19.6. The molecule has 0 spiro atoms. The summed E-state index contributed by atoms with van der Waals surface area (Å²) in [4.78, 5) is 0. The molecule has 15 heavy (non-hydrogen) atoms. The third-order valence-electron chi connectivity index (χ3n) is 3.61. The van der Waals surface area contributed by atoms with Crippen molar-refractivity contribution in [3.8, 4) is 0 Å². The Balaban J connectivity index is 1.95. The number of hydrogen-bond acceptors (Lipinski definition) is 2. The molecule has 2 rings (SSSR count). The van der Waals surface area contributed by atoms with E-state index in [0.29, 0.717) is 5.92 Å². The lowest BCUT2D eigenvalue weighted by molar-refractivity contribution is 0.341. The second-order valence-corrected chi connectivity index (χ2v) is 4.73. The first kappa shape index (κ1) is 10.7. The number of nitrogens with zero attached hydrogens (tertiary/aromatic N) is 2. The fraction of sp³-hybridized carbons (Fsp3) is 0.750. The first-order valence-corrected chi connectivity index (χ1v) is 5.98. The van der Waals surface area contributed by atoms with Crippen LogP contribution in [0.25, 0.3) is 0 Å². The largest absolute Gasteiger partial charge is 0.330 e. The summed E-state index contributed by atoms with van der Waals surface area (Å²) in [7, 11) is 1.97. The summed E-state index contributed by atoms with van der Waals surface area (Å²) >= 11 is 0. The van der Waals surface area contributed by atoms with E-state index in [-0.39, 0.29) is 0 Å². The minimum atomic E-state index is 0.641. The Morgan fingerprint density at radius 2 is 2.27 bits per heavy atom. The molecule has 3 nitrogen and oxygen atoms in total. The molecule has 0 bridgehead atoms. The van der Waals surface area contributed by atoms with Crippen molar-refractivity contribution in [1.29, 1.82) is 0 Å². The van der Waals surface area contributed by atoms with Crippen LogP contribution in [0.1, 0.15) is 31.4 Å². The van der Waals surface area contributed by atoms with Gasteiger partial charge in [-0.1, -0.05) is 25.7 Å². The Hall–Kier alpha value is -0.830. The highest BCUT2D eigenvalue weighted by Gasteiger charge is 2.24. The van der Waals surface area contributed by atoms with Crippen LogP contribution in [0.15, 0.2) is 12.3 Å². The van der Waals surface area contributed by atoms with Crippen molar-refractivity contribution in [3.05, 3.63) is 18.0 Å². The van der Waals surface area contributed by atoms with Crippen LogP contribution < -0.4 is 5.73 Å². The third kappa shape index (κ3) is 2.59. The van der Waals surface area contributed by atoms with Crippen LogP contribution in [0.5, 0.6) is 0 Å². The van der Waals surface area contributed by atoms with Gasteiger partial charge >= 0.3 is 0 Å². The topological polar surface area (TPSA) is 43.8 Å². The van der Waals surface area contributed by atoms with E-state index in [1.165, 1.54) is 31.4 Å². The molecule has 0 radical (unpaired) electrons. The van der Waals surface area contributed by atoms with Crippen LogP contribution in [0, 0.1) is 11.8 Å². The van der Waals surface area contributed by atoms with E-state index < -0.39 is 0 Å². The molecule has 1 aromatic rings. The molecule has 0 saturated heterocycles. The number of aryl methyl sites for hydroxylation is 1. The molecule has 1 saturated carbocycles. The molecule has 0 amide bonds. The standard InChI is InChI=1S/C12H21N3/c1-15-7-6-12(14-15)8-11(9-13)10-4-2-3-5-10/h6-7,10-11H,2-5,8-9,13H2,1H3. The van der Waals surface area contributed by atoms with E-state index >= 15 is 0 Å². The van der Waals surface area contributed by atoms with E-state index in [1.54, 1.807) is 0 Å². The van der Waals surface area contributed by atoms with Gasteiger partial charge in [0.2, 0.25) is 0 Å². The molecule has 1 aromatic heterocycles. The van der Waals surface area contributed by atoms with Crippen LogP contribution in [0.4, 0.5) is 0 Å². The van der Waals surface area contributed by atoms with Gasteiger partial charge in [-0.15, -0.1) is 0 Å². The molecule has 84 valence electrons. The zero-order valence-electron chi connectivity index (χ0n) is 9.52. The maximum Gasteiger partial charge on any atom is 0.0627 e. The van der Waals surface area contributed by atoms with E-state index in [4.69, 9.17) is 5.73 Å². The number of aromatic nitrogens is 2. The Morgan fingerprint density at radius 3 is 2.80 bits per heavy atom. The summed E-state index contributed by atoms with van der Waals surface area (Å²) in [5.74, 6) is 1.49. The molecular weight excluding hydrogens is 186 g/mol. The lowest BCUT2D eigenvalue weighted by Gasteiger charge is -2.20. The second-order valence-electron chi connectivity index (χ2n) is 4.73. The lowest BCUT2D eigenvalue weighted by atomic mass is 9.87. The minimum Gasteiger partial charge on any atom is -0.330 e. The Kier molecular flexibility index (Phi) is 3.41. The quantitative estimate of drug-likeness (QED) is 0.817. The highest BCUT2D eigenvalue weighted by molar-refractivity contribution is 5.01. The van der Waals surface area contributed by atoms with Crippen molar-refractivity contribution in [2.75, 3.05) is 6.54 Å². The van der Waals surface area contributed by atoms with Crippen molar-refractivity contribution < 1.29 is 0 Å². The summed E-state index contributed by atoms with van der Waals surface area (Å²) < 4.78 is 1.87. The Morgan fingerprint density at radius 1 is 1.53 bits per heavy atom. The van der Waals surface area contributed by atoms with Crippen LogP contribution in [0.3, 0.4) is 0 Å². The second kappa shape index (κ2) is 4.79. The van der Waals surface area contributed by atoms with Gasteiger partial charge in [-0.05, 0) is 30.9 Å². The minimum absolute atomic E-state index is 0.641. The van der Waals surface area contributed by atoms with Gasteiger partial charge in [0.25, 0.3) is 0 Å². The average molecular weight is 207 g/mol. The Bertz CT molecular complexity index is 300. The van der Waals surface area contributed by atoms with Crippen molar-refractivity contribution >= 4 is 0 Å². The fourth-order valence-electron chi connectivity index (χ4n) is 2.71. The first-order chi connectivity index (χ1) is 7.29. The molecule has 0 aromatic carbocycles. The maximum atomic E-state index is 5.87. The van der Waals surface area contributed by atoms with Gasteiger partial charge < -0.3 is 5.73 Å². The van der Waals surface area contributed by atoms with Crippen LogP contribution in [-0.2, 0) is 13.5 Å². The van der Waals surface area contributed by atoms with Gasteiger partial charge in [-0.2, -0.15) is 5.10 Å². The highest BCUT2D eigenvalue weighted by atomic mass is 15.2. The fourth-order valence-corrected chi connectivity index (χ4v) is 2.71. The summed E-state index contributed by atoms with van der Waals surface area (Å²) in [6.45, 7) is 0.807. The van der Waals surface area contributed by atoms with E-state index in [0.717, 1.165) is 18.9 Å². The molecule has 1 atom stereocenters. The molecule has 0 aliphatic heterocycles. The molecule has 2 N–H and O–H groups in total. The monoisotopic (exact) mass is 207 g/mol. The highest BCUT2D eigenvalue weighted by Crippen LogP contribution is 2.32. The average Bonchev–Trinajstić information content (AvgIpc) is 2.85. The van der Waals surface area contributed by atoms with Crippen molar-refractivity contribution in [3.63, 3.8) is 0 Å². The molecule has 3 heteroatoms. The maximum absolute atomic E-state index is 5.87. The van der Waals surface area contributed by atoms with E-state index in [2.05, 4.69) is 11.2 Å². The zero-order chi connectivity index (χ0) is 10.7. The van der Waals surface area contributed by atoms with Gasteiger partial charge in [-0.25, -0.2) is 0 Å². The zero-order valence-corrected chi connectivity index (χ0v) is 9.52. The summed E-state index contributed by atoms with van der Waals surface area (Å²) in [5.41, 5.74) is 7.07. The van der Waals surface area contributed by atoms with Crippen LogP contribution >= 0.6 is 0 Å². The van der Waals surface area contributed by atoms with Crippen molar-refractivity contribution in [2.24, 2.45) is 24.6 Å². The molecule has 1 aliphatic rings. The van der Waals surface area contributed by atoms with Gasteiger partial charge in [0, 0.05) is 13.2 Å². The van der Waals surface area contributed by atoms with Crippen molar-refractivity contribution in [2.45, 2.75) is 32.1 Å². The predicted molar refractivity (Wildman–Crippen MR) is 61.4 cm³/mol. The van der Waals surface area contributed by atoms with Gasteiger partial charge in [0.1, 0.15) is 0 Å². The van der Waals surface area contributed by atoms with Crippen LogP contribution in [0.2, 0.25) is 0 Å². The Labute approximate surface area is 91.7 Å². The molecule has 1 heterocycles. The SMILES string of the molecule is Cn1ccc(CC(CN)C2CCCC2)n1. The predicted octanol–water partition coefficient (Wildman–Crippen LogP) is 1.73. The van der Waals surface area contributed by atoms with Crippen molar-refractivity contribution in [1.82, 2.24) is 9.78 Å².